The number of Topliss-reactive ketones (excluding diaryl/α,β-unsaturated/α-hetero) is 1. The normalized spacial score (nSPS) is 12.1. The Morgan fingerprint density at radius 3 is 2.00 bits per heavy atom. The predicted octanol–water partition coefficient (Wildman–Crippen LogP) is 3.24. The number of rotatable bonds is 4. The third-order valence-corrected chi connectivity index (χ3v) is 4.72. The second-order valence-corrected chi connectivity index (χ2v) is 6.52. The lowest BCUT2D eigenvalue weighted by atomic mass is 10.1. The Morgan fingerprint density at radius 2 is 1.48 bits per heavy atom. The maximum atomic E-state index is 14.1. The van der Waals surface area contributed by atoms with Crippen LogP contribution in [0.15, 0.2) is 59.5 Å². The molecule has 0 radical (unpaired) electrons. The molecule has 0 amide bonds. The fourth-order valence-electron chi connectivity index (χ4n) is 1.74. The molecule has 2 aromatic carbocycles. The summed E-state index contributed by atoms with van der Waals surface area (Å²) in [6.07, 6.45) is 0. The molecule has 0 N–H and O–H groups in total. The number of ketones is 1. The number of carbonyl (C=O) groups is 1. The molecule has 0 aliphatic rings. The molecule has 0 aromatic heterocycles. The van der Waals surface area contributed by atoms with Gasteiger partial charge in [-0.25, -0.2) is 8.42 Å². The van der Waals surface area contributed by atoms with Crippen molar-refractivity contribution in [1.29, 1.82) is 0 Å². The molecule has 0 atom stereocenters. The Labute approximate surface area is 121 Å². The van der Waals surface area contributed by atoms with Crippen molar-refractivity contribution in [2.45, 2.75) is 17.1 Å². The van der Waals surface area contributed by atoms with Crippen molar-refractivity contribution in [3.8, 4) is 0 Å². The quantitative estimate of drug-likeness (QED) is 0.815. The van der Waals surface area contributed by atoms with Crippen LogP contribution in [0.25, 0.3) is 0 Å². The van der Waals surface area contributed by atoms with Crippen LogP contribution in [0.5, 0.6) is 0 Å². The van der Waals surface area contributed by atoms with Crippen LogP contribution in [0.2, 0.25) is 0 Å². The second-order valence-electron chi connectivity index (χ2n) is 4.53. The minimum Gasteiger partial charge on any atom is -0.286 e. The zero-order valence-corrected chi connectivity index (χ0v) is 11.9. The van der Waals surface area contributed by atoms with Gasteiger partial charge >= 0.3 is 5.25 Å². The molecule has 0 aliphatic heterocycles. The third-order valence-electron chi connectivity index (χ3n) is 2.97. The highest BCUT2D eigenvalue weighted by atomic mass is 32.2. The highest BCUT2D eigenvalue weighted by molar-refractivity contribution is 7.93. The third kappa shape index (κ3) is 2.71. The summed E-state index contributed by atoms with van der Waals surface area (Å²) in [5, 5.41) is -4.51. The summed E-state index contributed by atoms with van der Waals surface area (Å²) < 4.78 is 52.2. The molecule has 0 aliphatic carbocycles. The maximum absolute atomic E-state index is 14.1. The number of benzene rings is 2. The van der Waals surface area contributed by atoms with E-state index < -0.39 is 25.8 Å². The smallest absolute Gasteiger partial charge is 0.286 e. The van der Waals surface area contributed by atoms with Gasteiger partial charge in [-0.2, -0.15) is 8.78 Å². The first-order valence-electron chi connectivity index (χ1n) is 6.06. The number of alkyl halides is 2. The van der Waals surface area contributed by atoms with Crippen molar-refractivity contribution in [3.63, 3.8) is 0 Å². The van der Waals surface area contributed by atoms with Gasteiger partial charge < -0.3 is 0 Å². The second kappa shape index (κ2) is 5.37. The maximum Gasteiger partial charge on any atom is 0.411 e. The van der Waals surface area contributed by atoms with Crippen LogP contribution in [-0.2, 0) is 9.84 Å². The van der Waals surface area contributed by atoms with Gasteiger partial charge in [-0.05, 0) is 19.1 Å². The Hall–Kier alpha value is -2.08. The molecule has 0 saturated carbocycles. The summed E-state index contributed by atoms with van der Waals surface area (Å²) in [5.41, 5.74) is 0.436. The van der Waals surface area contributed by atoms with Gasteiger partial charge in [0.05, 0.1) is 4.90 Å². The predicted molar refractivity (Wildman–Crippen MR) is 74.1 cm³/mol. The van der Waals surface area contributed by atoms with Gasteiger partial charge in [0.25, 0.3) is 9.84 Å². The van der Waals surface area contributed by atoms with Crippen molar-refractivity contribution in [2.75, 3.05) is 0 Å². The molecule has 2 aromatic rings. The van der Waals surface area contributed by atoms with Gasteiger partial charge in [-0.15, -0.1) is 0 Å². The SMILES string of the molecule is Cc1ccc(C(=O)C(F)(F)S(=O)(=O)c2ccccc2)cc1. The summed E-state index contributed by atoms with van der Waals surface area (Å²) in [5.74, 6) is -1.73. The van der Waals surface area contributed by atoms with Crippen LogP contribution in [0.1, 0.15) is 15.9 Å². The van der Waals surface area contributed by atoms with Crippen LogP contribution in [0, 0.1) is 6.92 Å². The summed E-state index contributed by atoms with van der Waals surface area (Å²) >= 11 is 0. The Kier molecular flexibility index (Phi) is 3.91. The van der Waals surface area contributed by atoms with Gasteiger partial charge in [0.2, 0.25) is 5.78 Å². The summed E-state index contributed by atoms with van der Waals surface area (Å²) in [6, 6.07) is 11.5. The molecule has 6 heteroatoms. The molecule has 21 heavy (non-hydrogen) atoms. The van der Waals surface area contributed by atoms with Crippen molar-refractivity contribution in [3.05, 3.63) is 65.7 Å². The van der Waals surface area contributed by atoms with E-state index in [9.17, 15) is 22.0 Å². The van der Waals surface area contributed by atoms with Crippen LogP contribution >= 0.6 is 0 Å². The molecule has 0 saturated heterocycles. The van der Waals surface area contributed by atoms with E-state index in [1.807, 2.05) is 0 Å². The fourth-order valence-corrected chi connectivity index (χ4v) is 2.92. The number of aryl methyl sites for hydroxylation is 1. The van der Waals surface area contributed by atoms with Crippen LogP contribution in [0.4, 0.5) is 8.78 Å². The summed E-state index contributed by atoms with van der Waals surface area (Å²) in [6.45, 7) is 1.73. The largest absolute Gasteiger partial charge is 0.411 e. The minimum atomic E-state index is -5.08. The highest BCUT2D eigenvalue weighted by Gasteiger charge is 2.53. The summed E-state index contributed by atoms with van der Waals surface area (Å²) in [4.78, 5) is 11.3. The van der Waals surface area contributed by atoms with E-state index in [0.717, 1.165) is 17.7 Å². The first-order chi connectivity index (χ1) is 9.76. The van der Waals surface area contributed by atoms with Crippen LogP contribution < -0.4 is 0 Å². The molecule has 0 fully saturated rings. The number of carbonyl (C=O) groups excluding carboxylic acids is 1. The lowest BCUT2D eigenvalue weighted by molar-refractivity contribution is 0.0526. The van der Waals surface area contributed by atoms with E-state index in [1.165, 1.54) is 42.5 Å². The number of hydrogen-bond donors (Lipinski definition) is 0. The minimum absolute atomic E-state index is 0.342. The molecule has 0 unspecified atom stereocenters. The average Bonchev–Trinajstić information content (AvgIpc) is 2.48. The van der Waals surface area contributed by atoms with Crippen LogP contribution in [0.3, 0.4) is 0 Å². The van der Waals surface area contributed by atoms with Gasteiger partial charge in [-0.3, -0.25) is 4.79 Å². The van der Waals surface area contributed by atoms with Crippen molar-refractivity contribution in [2.24, 2.45) is 0 Å². The van der Waals surface area contributed by atoms with Crippen LogP contribution in [-0.4, -0.2) is 19.5 Å². The van der Waals surface area contributed by atoms with Crippen molar-refractivity contribution < 1.29 is 22.0 Å². The van der Waals surface area contributed by atoms with Gasteiger partial charge in [0.15, 0.2) is 0 Å². The highest BCUT2D eigenvalue weighted by Crippen LogP contribution is 2.32. The Morgan fingerprint density at radius 1 is 0.952 bits per heavy atom. The number of hydrogen-bond acceptors (Lipinski definition) is 3. The van der Waals surface area contributed by atoms with E-state index in [-0.39, 0.29) is 5.56 Å². The zero-order chi connectivity index (χ0) is 15.7. The van der Waals surface area contributed by atoms with Gasteiger partial charge in [0.1, 0.15) is 0 Å². The van der Waals surface area contributed by atoms with E-state index in [2.05, 4.69) is 0 Å². The molecule has 0 heterocycles. The van der Waals surface area contributed by atoms with E-state index in [0.29, 0.717) is 0 Å². The molecule has 110 valence electrons. The lowest BCUT2D eigenvalue weighted by Gasteiger charge is -2.16. The Bertz CT molecular complexity index is 751. The molecule has 0 bridgehead atoms. The number of sulfone groups is 1. The standard InChI is InChI=1S/C15H12F2O3S/c1-11-7-9-12(10-8-11)14(18)15(16,17)21(19,20)13-5-3-2-4-6-13/h2-10H,1H3. The Balaban J connectivity index is 2.46. The molecule has 0 spiro atoms. The van der Waals surface area contributed by atoms with E-state index in [4.69, 9.17) is 0 Å². The summed E-state index contributed by atoms with van der Waals surface area (Å²) in [7, 11) is -5.08. The molecule has 2 rings (SSSR count). The van der Waals surface area contributed by atoms with E-state index in [1.54, 1.807) is 6.92 Å². The zero-order valence-electron chi connectivity index (χ0n) is 11.1. The molecular weight excluding hydrogens is 298 g/mol. The molecular formula is C15H12F2O3S. The topological polar surface area (TPSA) is 51.2 Å². The first kappa shape index (κ1) is 15.3. The first-order valence-corrected chi connectivity index (χ1v) is 7.54. The van der Waals surface area contributed by atoms with Crippen molar-refractivity contribution >= 4 is 15.6 Å². The van der Waals surface area contributed by atoms with E-state index >= 15 is 0 Å². The monoisotopic (exact) mass is 310 g/mol. The fraction of sp³-hybridized carbons (Fsp3) is 0.133. The average molecular weight is 310 g/mol. The lowest BCUT2D eigenvalue weighted by Crippen LogP contribution is -2.38. The van der Waals surface area contributed by atoms with Gasteiger partial charge in [0, 0.05) is 5.56 Å². The van der Waals surface area contributed by atoms with Crippen molar-refractivity contribution in [1.82, 2.24) is 0 Å². The van der Waals surface area contributed by atoms with Gasteiger partial charge in [-0.1, -0.05) is 48.0 Å². The number of halogens is 2. The molecule has 3 nitrogen and oxygen atoms in total.